The lowest BCUT2D eigenvalue weighted by molar-refractivity contribution is 0.111. The molecule has 0 atom stereocenters. The molecule has 0 aliphatic heterocycles. The Bertz CT molecular complexity index is 337. The minimum Gasteiger partial charge on any atom is -0.394 e. The van der Waals surface area contributed by atoms with Gasteiger partial charge < -0.3 is 16.2 Å². The summed E-state index contributed by atoms with van der Waals surface area (Å²) in [6.07, 6.45) is 6.94. The molecule has 1 aliphatic rings. The highest BCUT2D eigenvalue weighted by atomic mass is 16.3. The van der Waals surface area contributed by atoms with Crippen molar-refractivity contribution in [1.29, 1.82) is 0 Å². The maximum atomic E-state index is 9.40. The first-order chi connectivity index (χ1) is 7.75. The summed E-state index contributed by atoms with van der Waals surface area (Å²) in [7, 11) is 0. The number of anilines is 2. The molecular formula is C11H18N4O. The summed E-state index contributed by atoms with van der Waals surface area (Å²) < 4.78 is 0. The normalized spacial score (nSPS) is 25.3. The topological polar surface area (TPSA) is 84.1 Å². The number of nitrogens with one attached hydrogen (secondary N) is 1. The van der Waals surface area contributed by atoms with Crippen molar-refractivity contribution in [3.05, 3.63) is 12.5 Å². The van der Waals surface area contributed by atoms with Gasteiger partial charge in [-0.3, -0.25) is 0 Å². The molecule has 0 bridgehead atoms. The molecule has 0 saturated heterocycles. The van der Waals surface area contributed by atoms with Gasteiger partial charge >= 0.3 is 0 Å². The zero-order valence-electron chi connectivity index (χ0n) is 9.26. The second-order valence-corrected chi connectivity index (χ2v) is 4.38. The first-order valence-corrected chi connectivity index (χ1v) is 5.73. The maximum Gasteiger partial charge on any atom is 0.152 e. The number of nitrogens with zero attached hydrogens (tertiary/aromatic N) is 2. The van der Waals surface area contributed by atoms with Crippen molar-refractivity contribution >= 4 is 11.5 Å². The molecule has 5 nitrogen and oxygen atoms in total. The van der Waals surface area contributed by atoms with Crippen molar-refractivity contribution in [1.82, 2.24) is 9.97 Å². The average Bonchev–Trinajstić information content (AvgIpc) is 2.30. The van der Waals surface area contributed by atoms with E-state index in [0.29, 0.717) is 17.4 Å². The van der Waals surface area contributed by atoms with Gasteiger partial charge in [0.25, 0.3) is 0 Å². The van der Waals surface area contributed by atoms with Crippen LogP contribution in [0, 0.1) is 5.92 Å². The number of rotatable bonds is 3. The van der Waals surface area contributed by atoms with Crippen LogP contribution < -0.4 is 11.1 Å². The van der Waals surface area contributed by atoms with E-state index in [0.717, 1.165) is 32.2 Å². The monoisotopic (exact) mass is 222 g/mol. The lowest BCUT2D eigenvalue weighted by Gasteiger charge is -2.25. The standard InChI is InChI=1S/C11H18N4O/c12-10-6-13-7-15-11(10)14-5-8-1-3-9(16)4-2-8/h6-9,16H,1-5,12H2,(H,13,14,15). The molecule has 1 aromatic heterocycles. The second-order valence-electron chi connectivity index (χ2n) is 4.38. The van der Waals surface area contributed by atoms with Gasteiger partial charge in [0.15, 0.2) is 5.82 Å². The SMILES string of the molecule is Nc1cncnc1NCC1CCC(O)CC1. The average molecular weight is 222 g/mol. The van der Waals surface area contributed by atoms with Gasteiger partial charge in [-0.25, -0.2) is 9.97 Å². The van der Waals surface area contributed by atoms with E-state index in [-0.39, 0.29) is 6.10 Å². The van der Waals surface area contributed by atoms with Crippen LogP contribution in [0.5, 0.6) is 0 Å². The quantitative estimate of drug-likeness (QED) is 0.711. The minimum absolute atomic E-state index is 0.0969. The molecule has 1 saturated carbocycles. The van der Waals surface area contributed by atoms with Crippen LogP contribution in [0.1, 0.15) is 25.7 Å². The van der Waals surface area contributed by atoms with Crippen LogP contribution in [0.2, 0.25) is 0 Å². The Morgan fingerprint density at radius 2 is 2.12 bits per heavy atom. The summed E-state index contributed by atoms with van der Waals surface area (Å²) in [6.45, 7) is 0.869. The Labute approximate surface area is 95.1 Å². The Morgan fingerprint density at radius 1 is 1.38 bits per heavy atom. The summed E-state index contributed by atoms with van der Waals surface area (Å²) >= 11 is 0. The van der Waals surface area contributed by atoms with Crippen LogP contribution >= 0.6 is 0 Å². The molecule has 1 heterocycles. The largest absolute Gasteiger partial charge is 0.394 e. The molecule has 1 aromatic rings. The molecule has 0 unspecified atom stereocenters. The van der Waals surface area contributed by atoms with Crippen LogP contribution in [-0.4, -0.2) is 27.7 Å². The van der Waals surface area contributed by atoms with Gasteiger partial charge in [0.05, 0.1) is 18.0 Å². The van der Waals surface area contributed by atoms with Crippen molar-refractivity contribution in [2.24, 2.45) is 5.92 Å². The zero-order valence-corrected chi connectivity index (χ0v) is 9.26. The maximum absolute atomic E-state index is 9.40. The number of nitrogen functional groups attached to an aromatic ring is 1. The van der Waals surface area contributed by atoms with Crippen LogP contribution in [0.4, 0.5) is 11.5 Å². The smallest absolute Gasteiger partial charge is 0.152 e. The van der Waals surface area contributed by atoms with E-state index in [1.165, 1.54) is 6.33 Å². The van der Waals surface area contributed by atoms with Crippen molar-refractivity contribution in [3.8, 4) is 0 Å². The Hall–Kier alpha value is -1.36. The molecule has 1 aliphatic carbocycles. The highest BCUT2D eigenvalue weighted by molar-refractivity contribution is 5.58. The number of aliphatic hydroxyl groups excluding tert-OH is 1. The summed E-state index contributed by atoms with van der Waals surface area (Å²) in [5.41, 5.74) is 6.31. The Kier molecular flexibility index (Phi) is 3.56. The highest BCUT2D eigenvalue weighted by Gasteiger charge is 2.19. The Balaban J connectivity index is 1.81. The van der Waals surface area contributed by atoms with Gasteiger partial charge in [-0.2, -0.15) is 0 Å². The van der Waals surface area contributed by atoms with Gasteiger partial charge in [-0.1, -0.05) is 0 Å². The van der Waals surface area contributed by atoms with Gasteiger partial charge in [0.1, 0.15) is 6.33 Å². The molecule has 0 aromatic carbocycles. The third-order valence-electron chi connectivity index (χ3n) is 3.12. The molecule has 88 valence electrons. The van der Waals surface area contributed by atoms with Crippen LogP contribution in [0.15, 0.2) is 12.5 Å². The van der Waals surface area contributed by atoms with E-state index in [2.05, 4.69) is 15.3 Å². The number of nitrogens with two attached hydrogens (primary N) is 1. The summed E-state index contributed by atoms with van der Waals surface area (Å²) in [5.74, 6) is 1.32. The van der Waals surface area contributed by atoms with E-state index in [1.54, 1.807) is 6.20 Å². The fraction of sp³-hybridized carbons (Fsp3) is 0.636. The van der Waals surface area contributed by atoms with E-state index in [4.69, 9.17) is 5.73 Å². The van der Waals surface area contributed by atoms with Crippen LogP contribution in [0.25, 0.3) is 0 Å². The van der Waals surface area contributed by atoms with Crippen molar-refractivity contribution in [2.45, 2.75) is 31.8 Å². The molecule has 0 spiro atoms. The fourth-order valence-electron chi connectivity index (χ4n) is 2.08. The van der Waals surface area contributed by atoms with E-state index < -0.39 is 0 Å². The van der Waals surface area contributed by atoms with Crippen molar-refractivity contribution < 1.29 is 5.11 Å². The number of hydrogen-bond donors (Lipinski definition) is 3. The molecule has 0 radical (unpaired) electrons. The summed E-state index contributed by atoms with van der Waals surface area (Å²) in [5, 5.41) is 12.6. The van der Waals surface area contributed by atoms with E-state index >= 15 is 0 Å². The van der Waals surface area contributed by atoms with Crippen molar-refractivity contribution in [2.75, 3.05) is 17.6 Å². The second kappa shape index (κ2) is 5.12. The van der Waals surface area contributed by atoms with E-state index in [1.807, 2.05) is 0 Å². The fourth-order valence-corrected chi connectivity index (χ4v) is 2.08. The van der Waals surface area contributed by atoms with Gasteiger partial charge in [0.2, 0.25) is 0 Å². The third kappa shape index (κ3) is 2.82. The lowest BCUT2D eigenvalue weighted by atomic mass is 9.87. The first-order valence-electron chi connectivity index (χ1n) is 5.73. The minimum atomic E-state index is -0.0969. The molecular weight excluding hydrogens is 204 g/mol. The van der Waals surface area contributed by atoms with E-state index in [9.17, 15) is 5.11 Å². The number of hydrogen-bond acceptors (Lipinski definition) is 5. The van der Waals surface area contributed by atoms with Gasteiger partial charge in [-0.15, -0.1) is 0 Å². The molecule has 16 heavy (non-hydrogen) atoms. The third-order valence-corrected chi connectivity index (χ3v) is 3.12. The summed E-state index contributed by atoms with van der Waals surface area (Å²) in [6, 6.07) is 0. The summed E-state index contributed by atoms with van der Waals surface area (Å²) in [4.78, 5) is 7.92. The molecule has 1 fully saturated rings. The Morgan fingerprint density at radius 3 is 2.81 bits per heavy atom. The van der Waals surface area contributed by atoms with Gasteiger partial charge in [-0.05, 0) is 31.6 Å². The predicted molar refractivity (Wildman–Crippen MR) is 62.9 cm³/mol. The first kappa shape index (κ1) is 11.1. The zero-order chi connectivity index (χ0) is 11.4. The van der Waals surface area contributed by atoms with Gasteiger partial charge in [0, 0.05) is 6.54 Å². The molecule has 0 amide bonds. The number of aliphatic hydroxyl groups is 1. The molecule has 2 rings (SSSR count). The van der Waals surface area contributed by atoms with Crippen LogP contribution in [-0.2, 0) is 0 Å². The predicted octanol–water partition coefficient (Wildman–Crippen LogP) is 1.02. The highest BCUT2D eigenvalue weighted by Crippen LogP contribution is 2.24. The molecule has 5 heteroatoms. The van der Waals surface area contributed by atoms with Crippen molar-refractivity contribution in [3.63, 3.8) is 0 Å². The number of aromatic nitrogens is 2. The van der Waals surface area contributed by atoms with Crippen LogP contribution in [0.3, 0.4) is 0 Å². The lowest BCUT2D eigenvalue weighted by Crippen LogP contribution is -2.24. The molecule has 4 N–H and O–H groups in total.